The lowest BCUT2D eigenvalue weighted by molar-refractivity contribution is 0.233. The number of benzene rings is 1. The minimum Gasteiger partial charge on any atom is -0.335 e. The summed E-state index contributed by atoms with van der Waals surface area (Å²) < 4.78 is 1.88. The molecular formula is C19H26N4O. The van der Waals surface area contributed by atoms with Crippen LogP contribution >= 0.6 is 0 Å². The van der Waals surface area contributed by atoms with Gasteiger partial charge in [-0.2, -0.15) is 5.10 Å². The third kappa shape index (κ3) is 3.16. The lowest BCUT2D eigenvalue weighted by Crippen LogP contribution is -2.44. The van der Waals surface area contributed by atoms with Gasteiger partial charge in [-0.1, -0.05) is 31.2 Å². The number of carbonyl (C=O) groups excluding carboxylic acids is 1. The Balaban J connectivity index is 1.64. The van der Waals surface area contributed by atoms with Gasteiger partial charge in [-0.25, -0.2) is 4.79 Å². The van der Waals surface area contributed by atoms with Gasteiger partial charge in [0.15, 0.2) is 0 Å². The molecule has 1 aromatic heterocycles. The molecule has 0 bridgehead atoms. The number of aryl methyl sites for hydroxylation is 2. The smallest absolute Gasteiger partial charge is 0.315 e. The fourth-order valence-corrected chi connectivity index (χ4v) is 3.72. The van der Waals surface area contributed by atoms with Crippen molar-refractivity contribution in [3.63, 3.8) is 0 Å². The van der Waals surface area contributed by atoms with Gasteiger partial charge in [0.1, 0.15) is 0 Å². The topological polar surface area (TPSA) is 59.0 Å². The molecule has 5 heteroatoms. The van der Waals surface area contributed by atoms with Crippen molar-refractivity contribution < 1.29 is 4.79 Å². The molecule has 0 saturated heterocycles. The SMILES string of the molecule is CC[C@@H](NC(=O)NC1Cc2ccccc2C1)c1c(C)nn(C)c1C. The van der Waals surface area contributed by atoms with Gasteiger partial charge in [-0.3, -0.25) is 4.68 Å². The Morgan fingerprint density at radius 3 is 2.42 bits per heavy atom. The van der Waals surface area contributed by atoms with Crippen LogP contribution in [0.4, 0.5) is 4.79 Å². The molecule has 1 aliphatic carbocycles. The summed E-state index contributed by atoms with van der Waals surface area (Å²) in [6, 6.07) is 8.48. The zero-order valence-corrected chi connectivity index (χ0v) is 14.9. The Hall–Kier alpha value is -2.30. The number of rotatable bonds is 4. The fourth-order valence-electron chi connectivity index (χ4n) is 3.72. The average Bonchev–Trinajstić information content (AvgIpc) is 3.05. The largest absolute Gasteiger partial charge is 0.335 e. The predicted octanol–water partition coefficient (Wildman–Crippen LogP) is 2.95. The zero-order valence-electron chi connectivity index (χ0n) is 14.9. The Morgan fingerprint density at radius 2 is 1.92 bits per heavy atom. The molecule has 2 N–H and O–H groups in total. The molecule has 0 unspecified atom stereocenters. The van der Waals surface area contributed by atoms with Crippen molar-refractivity contribution in [2.75, 3.05) is 0 Å². The van der Waals surface area contributed by atoms with Gasteiger partial charge in [-0.15, -0.1) is 0 Å². The van der Waals surface area contributed by atoms with Crippen LogP contribution in [0.2, 0.25) is 0 Å². The highest BCUT2D eigenvalue weighted by atomic mass is 16.2. The van der Waals surface area contributed by atoms with Crippen LogP contribution in [-0.4, -0.2) is 21.9 Å². The molecule has 1 aliphatic rings. The first-order chi connectivity index (χ1) is 11.5. The Labute approximate surface area is 143 Å². The zero-order chi connectivity index (χ0) is 17.3. The third-order valence-electron chi connectivity index (χ3n) is 5.01. The summed E-state index contributed by atoms with van der Waals surface area (Å²) in [6.07, 6.45) is 2.66. The average molecular weight is 326 g/mol. The molecule has 0 spiro atoms. The van der Waals surface area contributed by atoms with Crippen molar-refractivity contribution in [3.8, 4) is 0 Å². The summed E-state index contributed by atoms with van der Waals surface area (Å²) >= 11 is 0. The molecular weight excluding hydrogens is 300 g/mol. The van der Waals surface area contributed by atoms with Gasteiger partial charge in [0.25, 0.3) is 0 Å². The number of nitrogens with zero attached hydrogens (tertiary/aromatic N) is 2. The number of fused-ring (bicyclic) bond motifs is 1. The van der Waals surface area contributed by atoms with Crippen LogP contribution < -0.4 is 10.6 Å². The van der Waals surface area contributed by atoms with E-state index in [0.29, 0.717) is 0 Å². The highest BCUT2D eigenvalue weighted by molar-refractivity contribution is 5.75. The number of carbonyl (C=O) groups is 1. The second-order valence-electron chi connectivity index (χ2n) is 6.66. The molecule has 0 fully saturated rings. The van der Waals surface area contributed by atoms with E-state index in [-0.39, 0.29) is 18.1 Å². The summed E-state index contributed by atoms with van der Waals surface area (Å²) in [5.41, 5.74) is 5.90. The fraction of sp³-hybridized carbons (Fsp3) is 0.474. The Kier molecular flexibility index (Phi) is 4.60. The van der Waals surface area contributed by atoms with E-state index in [2.05, 4.69) is 46.9 Å². The molecule has 0 saturated carbocycles. The molecule has 1 heterocycles. The second kappa shape index (κ2) is 6.67. The summed E-state index contributed by atoms with van der Waals surface area (Å²) in [5.74, 6) is 0. The maximum Gasteiger partial charge on any atom is 0.315 e. The van der Waals surface area contributed by atoms with Gasteiger partial charge in [0.2, 0.25) is 0 Å². The number of amides is 2. The van der Waals surface area contributed by atoms with Crippen LogP contribution in [0.25, 0.3) is 0 Å². The van der Waals surface area contributed by atoms with Crippen LogP contribution in [-0.2, 0) is 19.9 Å². The van der Waals surface area contributed by atoms with Crippen LogP contribution in [0.3, 0.4) is 0 Å². The van der Waals surface area contributed by atoms with Crippen molar-refractivity contribution in [3.05, 3.63) is 52.3 Å². The number of aromatic nitrogens is 2. The molecule has 24 heavy (non-hydrogen) atoms. The molecule has 0 aliphatic heterocycles. The molecule has 1 aromatic carbocycles. The Bertz CT molecular complexity index is 725. The minimum absolute atomic E-state index is 0.0116. The lowest BCUT2D eigenvalue weighted by Gasteiger charge is -2.20. The van der Waals surface area contributed by atoms with Crippen molar-refractivity contribution >= 4 is 6.03 Å². The van der Waals surface area contributed by atoms with E-state index < -0.39 is 0 Å². The first-order valence-electron chi connectivity index (χ1n) is 8.63. The van der Waals surface area contributed by atoms with Crippen LogP contribution in [0.1, 0.15) is 47.5 Å². The van der Waals surface area contributed by atoms with E-state index >= 15 is 0 Å². The summed E-state index contributed by atoms with van der Waals surface area (Å²) in [4.78, 5) is 12.5. The second-order valence-corrected chi connectivity index (χ2v) is 6.66. The number of hydrogen-bond acceptors (Lipinski definition) is 2. The van der Waals surface area contributed by atoms with Gasteiger partial charge < -0.3 is 10.6 Å². The molecule has 2 amide bonds. The maximum absolute atomic E-state index is 12.5. The van der Waals surface area contributed by atoms with Gasteiger partial charge >= 0.3 is 6.03 Å². The minimum atomic E-state index is -0.0951. The van der Waals surface area contributed by atoms with Crippen molar-refractivity contribution in [2.24, 2.45) is 7.05 Å². The van der Waals surface area contributed by atoms with E-state index in [0.717, 1.165) is 36.2 Å². The summed E-state index contributed by atoms with van der Waals surface area (Å²) in [5, 5.41) is 10.7. The van der Waals surface area contributed by atoms with Crippen molar-refractivity contribution in [1.29, 1.82) is 0 Å². The highest BCUT2D eigenvalue weighted by Gasteiger charge is 2.25. The lowest BCUT2D eigenvalue weighted by atomic mass is 10.0. The van der Waals surface area contributed by atoms with Gasteiger partial charge in [0.05, 0.1) is 11.7 Å². The predicted molar refractivity (Wildman–Crippen MR) is 95.0 cm³/mol. The van der Waals surface area contributed by atoms with Crippen molar-refractivity contribution in [2.45, 2.75) is 52.1 Å². The normalized spacial score (nSPS) is 15.2. The molecule has 128 valence electrons. The van der Waals surface area contributed by atoms with E-state index in [4.69, 9.17) is 0 Å². The monoisotopic (exact) mass is 326 g/mol. The number of nitrogens with one attached hydrogen (secondary N) is 2. The van der Waals surface area contributed by atoms with Crippen LogP contribution in [0.5, 0.6) is 0 Å². The quantitative estimate of drug-likeness (QED) is 0.907. The Morgan fingerprint density at radius 1 is 1.29 bits per heavy atom. The maximum atomic E-state index is 12.5. The first kappa shape index (κ1) is 16.6. The van der Waals surface area contributed by atoms with E-state index in [9.17, 15) is 4.79 Å². The summed E-state index contributed by atoms with van der Waals surface area (Å²) in [7, 11) is 1.94. The standard InChI is InChI=1S/C19H26N4O/c1-5-17(18-12(2)22-23(4)13(18)3)21-19(24)20-16-10-14-8-6-7-9-15(14)11-16/h6-9,16-17H,5,10-11H2,1-4H3,(H2,20,21,24)/t17-/m1/s1. The van der Waals surface area contributed by atoms with E-state index in [1.165, 1.54) is 11.1 Å². The van der Waals surface area contributed by atoms with E-state index in [1.807, 2.05) is 25.6 Å². The third-order valence-corrected chi connectivity index (χ3v) is 5.01. The highest BCUT2D eigenvalue weighted by Crippen LogP contribution is 2.24. The molecule has 2 aromatic rings. The molecule has 5 nitrogen and oxygen atoms in total. The molecule has 3 rings (SSSR count). The molecule has 0 radical (unpaired) electrons. The summed E-state index contributed by atoms with van der Waals surface area (Å²) in [6.45, 7) is 6.13. The van der Waals surface area contributed by atoms with E-state index in [1.54, 1.807) is 0 Å². The van der Waals surface area contributed by atoms with Crippen molar-refractivity contribution in [1.82, 2.24) is 20.4 Å². The van der Waals surface area contributed by atoms with Gasteiger partial charge in [-0.05, 0) is 44.2 Å². The van der Waals surface area contributed by atoms with Gasteiger partial charge in [0, 0.05) is 24.3 Å². The first-order valence-corrected chi connectivity index (χ1v) is 8.63. The van der Waals surface area contributed by atoms with Crippen LogP contribution in [0.15, 0.2) is 24.3 Å². The van der Waals surface area contributed by atoms with Crippen LogP contribution in [0, 0.1) is 13.8 Å². The number of hydrogen-bond donors (Lipinski definition) is 2. The number of urea groups is 1. The molecule has 1 atom stereocenters.